The lowest BCUT2D eigenvalue weighted by molar-refractivity contribution is -0.393. The number of carboxylic acid groups (broad SMARTS) is 1. The van der Waals surface area contributed by atoms with Crippen molar-refractivity contribution in [1.82, 2.24) is 5.32 Å². The monoisotopic (exact) mass is 394 g/mol. The van der Waals surface area contributed by atoms with Crippen molar-refractivity contribution >= 4 is 28.9 Å². The van der Waals surface area contributed by atoms with E-state index in [1.165, 1.54) is 11.0 Å². The molecule has 0 unspecified atom stereocenters. The zero-order valence-corrected chi connectivity index (χ0v) is 15.5. The van der Waals surface area contributed by atoms with Gasteiger partial charge in [0.25, 0.3) is 11.4 Å². The molecule has 11 nitrogen and oxygen atoms in total. The second kappa shape index (κ2) is 8.63. The van der Waals surface area contributed by atoms with Crippen LogP contribution in [-0.4, -0.2) is 45.5 Å². The van der Waals surface area contributed by atoms with Crippen LogP contribution < -0.4 is 10.2 Å². The van der Waals surface area contributed by atoms with E-state index < -0.39 is 45.2 Å². The predicted molar refractivity (Wildman–Crippen MR) is 99.1 cm³/mol. The molecular formula is C17H22N4O7. The van der Waals surface area contributed by atoms with Crippen LogP contribution >= 0.6 is 0 Å². The molecule has 0 spiro atoms. The number of anilines is 1. The first-order valence-electron chi connectivity index (χ1n) is 8.84. The molecule has 1 saturated heterocycles. The van der Waals surface area contributed by atoms with Crippen LogP contribution in [0.15, 0.2) is 18.2 Å². The number of carbonyl (C=O) groups excluding carboxylic acids is 1. The van der Waals surface area contributed by atoms with Gasteiger partial charge < -0.3 is 15.3 Å². The second-order valence-corrected chi connectivity index (χ2v) is 7.07. The van der Waals surface area contributed by atoms with Gasteiger partial charge in [-0.2, -0.15) is 0 Å². The first-order valence-corrected chi connectivity index (χ1v) is 8.84. The van der Waals surface area contributed by atoms with Crippen LogP contribution in [0.4, 0.5) is 17.1 Å². The number of hydrogen-bond donors (Lipinski definition) is 2. The van der Waals surface area contributed by atoms with Gasteiger partial charge in [-0.05, 0) is 31.2 Å². The molecule has 152 valence electrons. The highest BCUT2D eigenvalue weighted by Gasteiger charge is 2.36. The Hall–Kier alpha value is -3.24. The molecule has 0 bridgehead atoms. The third-order valence-corrected chi connectivity index (χ3v) is 4.55. The SMILES string of the molecule is CC(C)C[C@H](NC(=O)[C@@H]1CCCN1c1ccc([N+](=O)[O-])cc1[N+](=O)[O-])C(=O)O. The number of nitrogens with one attached hydrogen (secondary N) is 1. The van der Waals surface area contributed by atoms with Gasteiger partial charge in [-0.3, -0.25) is 25.0 Å². The molecule has 0 aliphatic carbocycles. The fraction of sp³-hybridized carbons (Fsp3) is 0.529. The van der Waals surface area contributed by atoms with Crippen LogP contribution in [0.1, 0.15) is 33.1 Å². The molecule has 1 amide bonds. The van der Waals surface area contributed by atoms with E-state index in [9.17, 15) is 34.9 Å². The van der Waals surface area contributed by atoms with Crippen LogP contribution in [0.2, 0.25) is 0 Å². The summed E-state index contributed by atoms with van der Waals surface area (Å²) in [4.78, 5) is 46.4. The summed E-state index contributed by atoms with van der Waals surface area (Å²) < 4.78 is 0. The largest absolute Gasteiger partial charge is 0.480 e. The Morgan fingerprint density at radius 3 is 2.50 bits per heavy atom. The standard InChI is InChI=1S/C17H22N4O7/c1-10(2)8-12(17(23)24)18-16(22)14-4-3-7-19(14)13-6-5-11(20(25)26)9-15(13)21(27)28/h5-6,9-10,12,14H,3-4,7-8H2,1-2H3,(H,18,22)(H,23,24)/t12-,14-/m0/s1. The Labute approximate surface area is 160 Å². The number of nitrogens with zero attached hydrogens (tertiary/aromatic N) is 3. The molecule has 0 saturated carbocycles. The van der Waals surface area contributed by atoms with Crippen LogP contribution in [0.5, 0.6) is 0 Å². The summed E-state index contributed by atoms with van der Waals surface area (Å²) in [6.45, 7) is 4.02. The number of amides is 1. The first-order chi connectivity index (χ1) is 13.1. The van der Waals surface area contributed by atoms with Crippen molar-refractivity contribution in [2.75, 3.05) is 11.4 Å². The molecule has 2 rings (SSSR count). The number of nitro groups is 2. The number of nitro benzene ring substituents is 2. The minimum atomic E-state index is -1.15. The highest BCUT2D eigenvalue weighted by Crippen LogP contribution is 2.36. The lowest BCUT2D eigenvalue weighted by Crippen LogP contribution is -2.50. The van der Waals surface area contributed by atoms with Crippen molar-refractivity contribution < 1.29 is 24.5 Å². The first kappa shape index (κ1) is 21.1. The van der Waals surface area contributed by atoms with E-state index in [1.807, 2.05) is 13.8 Å². The molecule has 1 heterocycles. The highest BCUT2D eigenvalue weighted by molar-refractivity contribution is 5.90. The van der Waals surface area contributed by atoms with Crippen molar-refractivity contribution in [3.05, 3.63) is 38.4 Å². The molecule has 0 radical (unpaired) electrons. The molecule has 1 aliphatic rings. The van der Waals surface area contributed by atoms with Gasteiger partial charge in [0.05, 0.1) is 15.9 Å². The third kappa shape index (κ3) is 4.72. The van der Waals surface area contributed by atoms with Crippen molar-refractivity contribution in [2.24, 2.45) is 5.92 Å². The lowest BCUT2D eigenvalue weighted by Gasteiger charge is -2.27. The number of carboxylic acids is 1. The molecule has 28 heavy (non-hydrogen) atoms. The molecule has 1 aliphatic heterocycles. The summed E-state index contributed by atoms with van der Waals surface area (Å²) in [6.07, 6.45) is 1.23. The summed E-state index contributed by atoms with van der Waals surface area (Å²) in [5, 5.41) is 34.1. The Balaban J connectivity index is 2.29. The lowest BCUT2D eigenvalue weighted by atomic mass is 10.0. The smallest absolute Gasteiger partial charge is 0.326 e. The quantitative estimate of drug-likeness (QED) is 0.501. The molecule has 0 aromatic heterocycles. The maximum atomic E-state index is 12.7. The van der Waals surface area contributed by atoms with Crippen LogP contribution in [0.3, 0.4) is 0 Å². The van der Waals surface area contributed by atoms with E-state index >= 15 is 0 Å². The van der Waals surface area contributed by atoms with Crippen LogP contribution in [-0.2, 0) is 9.59 Å². The Morgan fingerprint density at radius 2 is 1.96 bits per heavy atom. The van der Waals surface area contributed by atoms with E-state index in [0.717, 1.165) is 12.1 Å². The van der Waals surface area contributed by atoms with E-state index in [1.54, 1.807) is 0 Å². The maximum absolute atomic E-state index is 12.7. The van der Waals surface area contributed by atoms with Gasteiger partial charge in [-0.15, -0.1) is 0 Å². The van der Waals surface area contributed by atoms with E-state index in [0.29, 0.717) is 19.4 Å². The topological polar surface area (TPSA) is 156 Å². The highest BCUT2D eigenvalue weighted by atomic mass is 16.6. The number of non-ortho nitro benzene ring substituents is 1. The van der Waals surface area contributed by atoms with Gasteiger partial charge in [0.1, 0.15) is 17.8 Å². The number of rotatable bonds is 8. The third-order valence-electron chi connectivity index (χ3n) is 4.55. The molecule has 1 aromatic rings. The van der Waals surface area contributed by atoms with Gasteiger partial charge in [0.15, 0.2) is 0 Å². The summed E-state index contributed by atoms with van der Waals surface area (Å²) in [5.74, 6) is -1.62. The zero-order valence-electron chi connectivity index (χ0n) is 15.5. The van der Waals surface area contributed by atoms with Gasteiger partial charge in [0, 0.05) is 12.6 Å². The molecular weight excluding hydrogens is 372 g/mol. The van der Waals surface area contributed by atoms with Gasteiger partial charge >= 0.3 is 5.97 Å². The summed E-state index contributed by atoms with van der Waals surface area (Å²) in [6, 6.07) is 1.43. The maximum Gasteiger partial charge on any atom is 0.326 e. The van der Waals surface area contributed by atoms with Crippen LogP contribution in [0.25, 0.3) is 0 Å². The van der Waals surface area contributed by atoms with E-state index in [4.69, 9.17) is 0 Å². The van der Waals surface area contributed by atoms with Crippen molar-refractivity contribution in [2.45, 2.75) is 45.2 Å². The molecule has 2 N–H and O–H groups in total. The minimum absolute atomic E-state index is 0.0526. The van der Waals surface area contributed by atoms with Gasteiger partial charge in [0.2, 0.25) is 5.91 Å². The van der Waals surface area contributed by atoms with Crippen molar-refractivity contribution in [1.29, 1.82) is 0 Å². The Morgan fingerprint density at radius 1 is 1.29 bits per heavy atom. The fourth-order valence-electron chi connectivity index (χ4n) is 3.30. The average molecular weight is 394 g/mol. The van der Waals surface area contributed by atoms with Crippen molar-refractivity contribution in [3.63, 3.8) is 0 Å². The zero-order chi connectivity index (χ0) is 21.0. The van der Waals surface area contributed by atoms with Crippen molar-refractivity contribution in [3.8, 4) is 0 Å². The van der Waals surface area contributed by atoms with E-state index in [-0.39, 0.29) is 18.0 Å². The Bertz CT molecular complexity index is 796. The number of carbonyl (C=O) groups is 2. The predicted octanol–water partition coefficient (Wildman–Crippen LogP) is 2.09. The summed E-state index contributed by atoms with van der Waals surface area (Å²) >= 11 is 0. The molecule has 1 aromatic carbocycles. The van der Waals surface area contributed by atoms with Gasteiger partial charge in [-0.25, -0.2) is 4.79 Å². The fourth-order valence-corrected chi connectivity index (χ4v) is 3.30. The average Bonchev–Trinajstić information content (AvgIpc) is 3.09. The van der Waals surface area contributed by atoms with Crippen LogP contribution in [0, 0.1) is 26.1 Å². The number of aliphatic carboxylic acids is 1. The minimum Gasteiger partial charge on any atom is -0.480 e. The normalized spacial score (nSPS) is 17.4. The molecule has 11 heteroatoms. The second-order valence-electron chi connectivity index (χ2n) is 7.07. The number of benzene rings is 1. The van der Waals surface area contributed by atoms with Gasteiger partial charge in [-0.1, -0.05) is 13.8 Å². The number of hydrogen-bond acceptors (Lipinski definition) is 7. The molecule has 1 fully saturated rings. The summed E-state index contributed by atoms with van der Waals surface area (Å²) in [7, 11) is 0. The molecule has 2 atom stereocenters. The Kier molecular flexibility index (Phi) is 6.49. The van der Waals surface area contributed by atoms with E-state index in [2.05, 4.69) is 5.32 Å². The summed E-state index contributed by atoms with van der Waals surface area (Å²) in [5.41, 5.74) is -0.784.